The zero-order chi connectivity index (χ0) is 9.30. The number of hydrogen-bond donors (Lipinski definition) is 2. The van der Waals surface area contributed by atoms with E-state index in [9.17, 15) is 4.79 Å². The van der Waals surface area contributed by atoms with Gasteiger partial charge in [0.2, 0.25) is 0 Å². The van der Waals surface area contributed by atoms with E-state index in [1.54, 1.807) is 6.07 Å². The van der Waals surface area contributed by atoms with E-state index < -0.39 is 0 Å². The summed E-state index contributed by atoms with van der Waals surface area (Å²) < 4.78 is 0.611. The molecule has 0 unspecified atom stereocenters. The lowest BCUT2D eigenvalue weighted by Crippen LogP contribution is -2.00. The number of nitrogens with two attached hydrogens (primary N) is 1. The molecule has 3 N–H and O–H groups in total. The van der Waals surface area contributed by atoms with Crippen molar-refractivity contribution in [2.24, 2.45) is 0 Å². The predicted molar refractivity (Wildman–Crippen MR) is 55.2 cm³/mol. The van der Waals surface area contributed by atoms with Crippen molar-refractivity contribution in [2.75, 3.05) is 5.73 Å². The first-order chi connectivity index (χ1) is 5.54. The molecule has 0 saturated carbocycles. The minimum Gasteiger partial charge on any atom is -0.506 e. The molecule has 0 amide bonds. The van der Waals surface area contributed by atoms with Crippen LogP contribution in [0.4, 0.5) is 5.69 Å². The van der Waals surface area contributed by atoms with Crippen molar-refractivity contribution in [1.29, 1.82) is 0 Å². The van der Waals surface area contributed by atoms with Crippen molar-refractivity contribution in [3.63, 3.8) is 0 Å². The van der Waals surface area contributed by atoms with Gasteiger partial charge in [0, 0.05) is 5.56 Å². The molecule has 0 fully saturated rings. The SMILES string of the molecule is CC(=O)c1ccc(O)c(N)c1I. The fraction of sp³-hybridized carbons (Fsp3) is 0.125. The molecule has 1 aromatic rings. The third-order valence-corrected chi connectivity index (χ3v) is 2.70. The largest absolute Gasteiger partial charge is 0.506 e. The van der Waals surface area contributed by atoms with Crippen molar-refractivity contribution in [2.45, 2.75) is 6.92 Å². The van der Waals surface area contributed by atoms with Gasteiger partial charge in [0.25, 0.3) is 0 Å². The monoisotopic (exact) mass is 277 g/mol. The van der Waals surface area contributed by atoms with E-state index in [0.29, 0.717) is 9.13 Å². The Hall–Kier alpha value is -0.780. The predicted octanol–water partition coefficient (Wildman–Crippen LogP) is 1.78. The number of halogens is 1. The second-order valence-corrected chi connectivity index (χ2v) is 3.49. The lowest BCUT2D eigenvalue weighted by Gasteiger charge is -2.04. The zero-order valence-electron chi connectivity index (χ0n) is 6.47. The molecule has 1 rings (SSSR count). The molecule has 12 heavy (non-hydrogen) atoms. The van der Waals surface area contributed by atoms with E-state index >= 15 is 0 Å². The van der Waals surface area contributed by atoms with Gasteiger partial charge < -0.3 is 10.8 Å². The maximum absolute atomic E-state index is 11.0. The Morgan fingerprint density at radius 3 is 2.67 bits per heavy atom. The summed E-state index contributed by atoms with van der Waals surface area (Å²) in [5.41, 5.74) is 6.32. The number of carbonyl (C=O) groups excluding carboxylic acids is 1. The van der Waals surface area contributed by atoms with Gasteiger partial charge in [-0.2, -0.15) is 0 Å². The second kappa shape index (κ2) is 3.30. The molecule has 0 heterocycles. The van der Waals surface area contributed by atoms with Gasteiger partial charge in [-0.3, -0.25) is 4.79 Å². The third kappa shape index (κ3) is 1.52. The van der Waals surface area contributed by atoms with E-state index in [1.807, 2.05) is 22.6 Å². The average Bonchev–Trinajstić information content (AvgIpc) is 2.00. The van der Waals surface area contributed by atoms with Gasteiger partial charge in [0.15, 0.2) is 5.78 Å². The molecule has 1 aromatic carbocycles. The molecule has 4 heteroatoms. The highest BCUT2D eigenvalue weighted by Gasteiger charge is 2.10. The fourth-order valence-electron chi connectivity index (χ4n) is 0.855. The van der Waals surface area contributed by atoms with Crippen LogP contribution in [0.3, 0.4) is 0 Å². The Morgan fingerprint density at radius 1 is 1.58 bits per heavy atom. The van der Waals surface area contributed by atoms with Gasteiger partial charge in [-0.15, -0.1) is 0 Å². The highest BCUT2D eigenvalue weighted by Crippen LogP contribution is 2.28. The van der Waals surface area contributed by atoms with Crippen LogP contribution in [0, 0.1) is 3.57 Å². The van der Waals surface area contributed by atoms with Gasteiger partial charge >= 0.3 is 0 Å². The number of anilines is 1. The molecule has 0 atom stereocenters. The molecule has 0 aliphatic rings. The number of aromatic hydroxyl groups is 1. The first-order valence-electron chi connectivity index (χ1n) is 3.32. The molecular weight excluding hydrogens is 269 g/mol. The van der Waals surface area contributed by atoms with Crippen LogP contribution in [0.1, 0.15) is 17.3 Å². The zero-order valence-corrected chi connectivity index (χ0v) is 8.62. The molecule has 0 aliphatic heterocycles. The van der Waals surface area contributed by atoms with Gasteiger partial charge in [-0.05, 0) is 41.6 Å². The number of nitrogen functional groups attached to an aromatic ring is 1. The minimum absolute atomic E-state index is 0.0180. The summed E-state index contributed by atoms with van der Waals surface area (Å²) in [4.78, 5) is 11.0. The maximum Gasteiger partial charge on any atom is 0.160 e. The van der Waals surface area contributed by atoms with Crippen molar-refractivity contribution in [3.8, 4) is 5.75 Å². The Morgan fingerprint density at radius 2 is 2.17 bits per heavy atom. The van der Waals surface area contributed by atoms with Crippen LogP contribution in [0.5, 0.6) is 5.75 Å². The van der Waals surface area contributed by atoms with Crippen molar-refractivity contribution in [3.05, 3.63) is 21.3 Å². The summed E-state index contributed by atoms with van der Waals surface area (Å²) in [6.07, 6.45) is 0. The fourth-order valence-corrected chi connectivity index (χ4v) is 1.69. The van der Waals surface area contributed by atoms with E-state index in [1.165, 1.54) is 13.0 Å². The smallest absolute Gasteiger partial charge is 0.160 e. The van der Waals surface area contributed by atoms with Crippen LogP contribution >= 0.6 is 22.6 Å². The molecule has 0 aromatic heterocycles. The van der Waals surface area contributed by atoms with Gasteiger partial charge in [-0.1, -0.05) is 0 Å². The molecule has 3 nitrogen and oxygen atoms in total. The molecule has 0 saturated heterocycles. The van der Waals surface area contributed by atoms with Gasteiger partial charge in [0.05, 0.1) is 9.26 Å². The maximum atomic E-state index is 11.0. The lowest BCUT2D eigenvalue weighted by molar-refractivity contribution is 0.101. The van der Waals surface area contributed by atoms with E-state index in [4.69, 9.17) is 10.8 Å². The van der Waals surface area contributed by atoms with E-state index in [0.717, 1.165) is 0 Å². The van der Waals surface area contributed by atoms with E-state index in [2.05, 4.69) is 0 Å². The number of hydrogen-bond acceptors (Lipinski definition) is 3. The number of phenols is 1. The number of phenolic OH excluding ortho intramolecular Hbond substituents is 1. The molecule has 0 bridgehead atoms. The minimum atomic E-state index is -0.0499. The highest BCUT2D eigenvalue weighted by molar-refractivity contribution is 14.1. The topological polar surface area (TPSA) is 63.3 Å². The summed E-state index contributed by atoms with van der Waals surface area (Å²) in [5.74, 6) is -0.0319. The summed E-state index contributed by atoms with van der Waals surface area (Å²) >= 11 is 1.94. The number of rotatable bonds is 1. The first kappa shape index (κ1) is 9.31. The van der Waals surface area contributed by atoms with Crippen LogP contribution in [0.25, 0.3) is 0 Å². The van der Waals surface area contributed by atoms with Gasteiger partial charge in [0.1, 0.15) is 5.75 Å². The molecular formula is C8H8INO2. The second-order valence-electron chi connectivity index (χ2n) is 2.42. The molecule has 64 valence electrons. The Kier molecular flexibility index (Phi) is 2.56. The standard InChI is InChI=1S/C8H8INO2/c1-4(11)5-2-3-6(12)8(10)7(5)9/h2-3,12H,10H2,1H3. The number of benzene rings is 1. The molecule has 0 aliphatic carbocycles. The van der Waals surface area contributed by atoms with Crippen molar-refractivity contribution < 1.29 is 9.90 Å². The van der Waals surface area contributed by atoms with Gasteiger partial charge in [-0.25, -0.2) is 0 Å². The van der Waals surface area contributed by atoms with Crippen LogP contribution in [-0.4, -0.2) is 10.9 Å². The van der Waals surface area contributed by atoms with Crippen LogP contribution in [-0.2, 0) is 0 Å². The van der Waals surface area contributed by atoms with Crippen molar-refractivity contribution in [1.82, 2.24) is 0 Å². The number of ketones is 1. The summed E-state index contributed by atoms with van der Waals surface area (Å²) in [5, 5.41) is 9.17. The molecule has 0 spiro atoms. The van der Waals surface area contributed by atoms with Crippen molar-refractivity contribution >= 4 is 34.1 Å². The number of carbonyl (C=O) groups is 1. The summed E-state index contributed by atoms with van der Waals surface area (Å²) in [6.45, 7) is 1.47. The summed E-state index contributed by atoms with van der Waals surface area (Å²) in [7, 11) is 0. The first-order valence-corrected chi connectivity index (χ1v) is 4.39. The lowest BCUT2D eigenvalue weighted by atomic mass is 10.1. The highest BCUT2D eigenvalue weighted by atomic mass is 127. The Bertz CT molecular complexity index is 336. The van der Waals surface area contributed by atoms with E-state index in [-0.39, 0.29) is 17.2 Å². The number of Topliss-reactive ketones (excluding diaryl/α,β-unsaturated/α-hetero) is 1. The van der Waals surface area contributed by atoms with Crippen LogP contribution in [0.2, 0.25) is 0 Å². The van der Waals surface area contributed by atoms with Crippen LogP contribution < -0.4 is 5.73 Å². The van der Waals surface area contributed by atoms with Crippen LogP contribution in [0.15, 0.2) is 12.1 Å². The summed E-state index contributed by atoms with van der Waals surface area (Å²) in [6, 6.07) is 2.99. The normalized spacial score (nSPS) is 9.83. The third-order valence-electron chi connectivity index (χ3n) is 1.54. The Balaban J connectivity index is 3.36. The Labute approximate surface area is 83.7 Å². The average molecular weight is 277 g/mol. The molecule has 0 radical (unpaired) electrons. The quantitative estimate of drug-likeness (QED) is 0.356.